The van der Waals surface area contributed by atoms with Crippen molar-refractivity contribution in [1.82, 2.24) is 10.2 Å². The van der Waals surface area contributed by atoms with Crippen molar-refractivity contribution in [3.8, 4) is 0 Å². The van der Waals surface area contributed by atoms with E-state index in [9.17, 15) is 17.6 Å². The van der Waals surface area contributed by atoms with Gasteiger partial charge in [-0.2, -0.15) is 0 Å². The highest BCUT2D eigenvalue weighted by atomic mass is 35.5. The highest BCUT2D eigenvalue weighted by Gasteiger charge is 2.33. The number of hydrogen-bond acceptors (Lipinski definition) is 2. The fourth-order valence-electron chi connectivity index (χ4n) is 2.86. The zero-order valence-corrected chi connectivity index (χ0v) is 14.7. The SMILES string of the molecule is CCC(C)[C@@H](c1c(F)c(F)cc(F)c1F)N1CCNCC1.Cl.Cl. The van der Waals surface area contributed by atoms with Gasteiger partial charge in [0.15, 0.2) is 23.3 Å². The van der Waals surface area contributed by atoms with Gasteiger partial charge in [-0.05, 0) is 5.92 Å². The van der Waals surface area contributed by atoms with Gasteiger partial charge in [0.1, 0.15) is 0 Å². The number of halogens is 6. The number of rotatable bonds is 4. The van der Waals surface area contributed by atoms with Crippen LogP contribution in [0, 0.1) is 29.2 Å². The first-order valence-corrected chi connectivity index (χ1v) is 7.25. The molecule has 2 rings (SSSR count). The van der Waals surface area contributed by atoms with Crippen molar-refractivity contribution in [2.45, 2.75) is 26.3 Å². The molecule has 134 valence electrons. The summed E-state index contributed by atoms with van der Waals surface area (Å²) in [6, 6.07) is -0.401. The largest absolute Gasteiger partial charge is 0.314 e. The van der Waals surface area contributed by atoms with Crippen LogP contribution >= 0.6 is 24.8 Å². The first-order valence-electron chi connectivity index (χ1n) is 7.25. The topological polar surface area (TPSA) is 15.3 Å². The van der Waals surface area contributed by atoms with E-state index < -0.39 is 34.9 Å². The maximum absolute atomic E-state index is 14.1. The molecular weight excluding hydrogens is 355 g/mol. The van der Waals surface area contributed by atoms with Crippen molar-refractivity contribution in [2.75, 3.05) is 26.2 Å². The molecule has 1 N–H and O–H groups in total. The van der Waals surface area contributed by atoms with Crippen molar-refractivity contribution < 1.29 is 17.6 Å². The number of hydrogen-bond donors (Lipinski definition) is 1. The fraction of sp³-hybridized carbons (Fsp3) is 0.600. The molecule has 0 aromatic heterocycles. The lowest BCUT2D eigenvalue weighted by atomic mass is 9.89. The monoisotopic (exact) mass is 376 g/mol. The van der Waals surface area contributed by atoms with Gasteiger partial charge in [0.2, 0.25) is 0 Å². The first-order chi connectivity index (χ1) is 9.97. The van der Waals surface area contributed by atoms with E-state index in [-0.39, 0.29) is 36.8 Å². The van der Waals surface area contributed by atoms with E-state index in [0.717, 1.165) is 0 Å². The molecule has 23 heavy (non-hydrogen) atoms. The van der Waals surface area contributed by atoms with E-state index in [1.165, 1.54) is 0 Å². The van der Waals surface area contributed by atoms with E-state index in [1.54, 1.807) is 0 Å². The van der Waals surface area contributed by atoms with Crippen LogP contribution in [0.25, 0.3) is 0 Å². The smallest absolute Gasteiger partial charge is 0.166 e. The van der Waals surface area contributed by atoms with Crippen molar-refractivity contribution in [2.24, 2.45) is 5.92 Å². The Balaban J connectivity index is 0.00000242. The molecule has 1 saturated heterocycles. The molecule has 8 heteroatoms. The Morgan fingerprint density at radius 3 is 1.96 bits per heavy atom. The summed E-state index contributed by atoms with van der Waals surface area (Å²) in [5.41, 5.74) is -0.483. The molecule has 1 fully saturated rings. The molecule has 0 aliphatic carbocycles. The Morgan fingerprint density at radius 2 is 1.52 bits per heavy atom. The van der Waals surface area contributed by atoms with Gasteiger partial charge in [-0.15, -0.1) is 24.8 Å². The molecule has 0 radical (unpaired) electrons. The van der Waals surface area contributed by atoms with Crippen LogP contribution in [0.1, 0.15) is 31.9 Å². The molecule has 2 atom stereocenters. The van der Waals surface area contributed by atoms with Crippen molar-refractivity contribution in [1.29, 1.82) is 0 Å². The van der Waals surface area contributed by atoms with Gasteiger partial charge >= 0.3 is 0 Å². The zero-order chi connectivity index (χ0) is 15.6. The van der Waals surface area contributed by atoms with E-state index in [0.29, 0.717) is 32.6 Å². The van der Waals surface area contributed by atoms with E-state index in [2.05, 4.69) is 5.32 Å². The van der Waals surface area contributed by atoms with E-state index >= 15 is 0 Å². The van der Waals surface area contributed by atoms with Crippen LogP contribution < -0.4 is 5.32 Å². The molecule has 1 aromatic carbocycles. The standard InChI is InChI=1S/C15H20F4N2.2ClH/c1-3-9(2)15(21-6-4-20-5-7-21)12-13(18)10(16)8-11(17)14(12)19;;/h8-9,15,20H,3-7H2,1-2H3;2*1H/t9?,15-;;/m0../s1. The third kappa shape index (κ3) is 4.72. The minimum Gasteiger partial charge on any atom is -0.314 e. The maximum Gasteiger partial charge on any atom is 0.166 e. The Kier molecular flexibility index (Phi) is 9.43. The Morgan fingerprint density at radius 1 is 1.04 bits per heavy atom. The molecule has 0 spiro atoms. The van der Waals surface area contributed by atoms with Gasteiger partial charge in [0.25, 0.3) is 0 Å². The Bertz CT molecular complexity index is 484. The van der Waals surface area contributed by atoms with Crippen LogP contribution in [0.2, 0.25) is 0 Å². The third-order valence-electron chi connectivity index (χ3n) is 4.17. The van der Waals surface area contributed by atoms with Crippen LogP contribution in [-0.2, 0) is 0 Å². The summed E-state index contributed by atoms with van der Waals surface area (Å²) in [5.74, 6) is -5.36. The van der Waals surface area contributed by atoms with Crippen molar-refractivity contribution in [3.63, 3.8) is 0 Å². The molecule has 1 unspecified atom stereocenters. The zero-order valence-electron chi connectivity index (χ0n) is 13.0. The van der Waals surface area contributed by atoms with Crippen molar-refractivity contribution in [3.05, 3.63) is 34.9 Å². The number of nitrogens with zero attached hydrogens (tertiary/aromatic N) is 1. The average molecular weight is 377 g/mol. The summed E-state index contributed by atoms with van der Waals surface area (Å²) in [5, 5.41) is 3.15. The summed E-state index contributed by atoms with van der Waals surface area (Å²) < 4.78 is 55.2. The predicted molar refractivity (Wildman–Crippen MR) is 87.4 cm³/mol. The molecular formula is C15H22Cl2F4N2. The summed E-state index contributed by atoms with van der Waals surface area (Å²) in [6.45, 7) is 6.29. The summed E-state index contributed by atoms with van der Waals surface area (Å²) >= 11 is 0. The Labute approximate surface area is 146 Å². The quantitative estimate of drug-likeness (QED) is 0.629. The highest BCUT2D eigenvalue weighted by Crippen LogP contribution is 2.35. The molecule has 1 aliphatic rings. The minimum absolute atomic E-state index is 0. The van der Waals surface area contributed by atoms with Crippen LogP contribution in [-0.4, -0.2) is 31.1 Å². The molecule has 1 aliphatic heterocycles. The second-order valence-electron chi connectivity index (χ2n) is 5.50. The normalized spacial score (nSPS) is 17.8. The number of nitrogens with one attached hydrogen (secondary N) is 1. The lowest BCUT2D eigenvalue weighted by Gasteiger charge is -2.38. The predicted octanol–water partition coefficient (Wildman–Crippen LogP) is 4.08. The number of piperazine rings is 1. The molecule has 0 saturated carbocycles. The molecule has 0 bridgehead atoms. The number of benzene rings is 1. The second kappa shape index (κ2) is 9.67. The van der Waals surface area contributed by atoms with Crippen LogP contribution in [0.15, 0.2) is 6.07 Å². The van der Waals surface area contributed by atoms with Crippen molar-refractivity contribution >= 4 is 24.8 Å². The fourth-order valence-corrected chi connectivity index (χ4v) is 2.86. The van der Waals surface area contributed by atoms with E-state index in [1.807, 2.05) is 18.7 Å². The van der Waals surface area contributed by atoms with Gasteiger partial charge in [-0.1, -0.05) is 20.3 Å². The Hall–Kier alpha value is -0.560. The van der Waals surface area contributed by atoms with Crippen LogP contribution in [0.4, 0.5) is 17.6 Å². The van der Waals surface area contributed by atoms with Gasteiger partial charge < -0.3 is 5.32 Å². The summed E-state index contributed by atoms with van der Waals surface area (Å²) in [6.07, 6.45) is 0.658. The molecule has 1 aromatic rings. The molecule has 0 amide bonds. The molecule has 2 nitrogen and oxygen atoms in total. The van der Waals surface area contributed by atoms with Gasteiger partial charge in [0.05, 0.1) is 0 Å². The summed E-state index contributed by atoms with van der Waals surface area (Å²) in [4.78, 5) is 1.89. The minimum atomic E-state index is -1.34. The van der Waals surface area contributed by atoms with Crippen LogP contribution in [0.5, 0.6) is 0 Å². The highest BCUT2D eigenvalue weighted by molar-refractivity contribution is 5.85. The van der Waals surface area contributed by atoms with E-state index in [4.69, 9.17) is 0 Å². The van der Waals surface area contributed by atoms with Gasteiger partial charge in [-0.3, -0.25) is 4.90 Å². The summed E-state index contributed by atoms with van der Waals surface area (Å²) in [7, 11) is 0. The second-order valence-corrected chi connectivity index (χ2v) is 5.50. The lowest BCUT2D eigenvalue weighted by Crippen LogP contribution is -2.47. The average Bonchev–Trinajstić information content (AvgIpc) is 2.49. The first kappa shape index (κ1) is 22.4. The maximum atomic E-state index is 14.1. The van der Waals surface area contributed by atoms with Crippen LogP contribution in [0.3, 0.4) is 0 Å². The lowest BCUT2D eigenvalue weighted by molar-refractivity contribution is 0.120. The van der Waals surface area contributed by atoms with Gasteiger partial charge in [-0.25, -0.2) is 17.6 Å². The molecule has 1 heterocycles. The van der Waals surface area contributed by atoms with Gasteiger partial charge in [0, 0.05) is 43.9 Å². The third-order valence-corrected chi connectivity index (χ3v) is 4.17.